The number of sulfonamides is 1. The molecule has 11 heteroatoms. The fourth-order valence-corrected chi connectivity index (χ4v) is 5.36. The van der Waals surface area contributed by atoms with E-state index in [4.69, 9.17) is 14.2 Å². The third kappa shape index (κ3) is 4.85. The van der Waals surface area contributed by atoms with Crippen LogP contribution in [0.2, 0.25) is 0 Å². The van der Waals surface area contributed by atoms with E-state index in [0.717, 1.165) is 12.1 Å². The molecular formula is C23H25FN2O7S. The Kier molecular flexibility index (Phi) is 6.76. The lowest BCUT2D eigenvalue weighted by atomic mass is 9.94. The number of likely N-dealkylation sites (N-methyl/N-ethyl adjacent to an activating group) is 1. The Morgan fingerprint density at radius 2 is 2.00 bits per heavy atom. The van der Waals surface area contributed by atoms with E-state index in [9.17, 15) is 22.4 Å². The molecule has 2 aliphatic rings. The highest BCUT2D eigenvalue weighted by atomic mass is 32.2. The highest BCUT2D eigenvalue weighted by molar-refractivity contribution is 7.92. The van der Waals surface area contributed by atoms with Gasteiger partial charge in [-0.1, -0.05) is 12.1 Å². The number of rotatable bonds is 5. The molecule has 2 heterocycles. The first-order valence-corrected chi connectivity index (χ1v) is 12.2. The minimum Gasteiger partial charge on any atom is -0.490 e. The number of carbonyl (C=O) groups is 2. The number of amides is 1. The maximum absolute atomic E-state index is 14.0. The van der Waals surface area contributed by atoms with Crippen LogP contribution in [0.3, 0.4) is 0 Å². The van der Waals surface area contributed by atoms with E-state index in [1.165, 1.54) is 37.4 Å². The van der Waals surface area contributed by atoms with Crippen LogP contribution in [0.25, 0.3) is 0 Å². The fourth-order valence-electron chi connectivity index (χ4n) is 4.23. The summed E-state index contributed by atoms with van der Waals surface area (Å²) in [7, 11) is -1.24. The van der Waals surface area contributed by atoms with Crippen molar-refractivity contribution in [3.63, 3.8) is 0 Å². The van der Waals surface area contributed by atoms with Crippen molar-refractivity contribution in [1.82, 2.24) is 4.90 Å². The summed E-state index contributed by atoms with van der Waals surface area (Å²) in [4.78, 5) is 25.9. The molecular weight excluding hydrogens is 467 g/mol. The second-order valence-corrected chi connectivity index (χ2v) is 9.85. The monoisotopic (exact) mass is 492 g/mol. The zero-order valence-electron chi connectivity index (χ0n) is 18.7. The van der Waals surface area contributed by atoms with Crippen LogP contribution < -0.4 is 9.46 Å². The Morgan fingerprint density at radius 1 is 1.24 bits per heavy atom. The molecule has 4 rings (SSSR count). The SMILES string of the molecule is COC(=O)C[C@H]1CC[C@H]2[C@@H](COc3ccc(NS(=O)(=O)c4ccccc4F)cc3C(=O)N2C)O1. The molecule has 1 saturated heterocycles. The molecule has 1 fully saturated rings. The van der Waals surface area contributed by atoms with E-state index >= 15 is 0 Å². The van der Waals surface area contributed by atoms with Gasteiger partial charge in [-0.2, -0.15) is 0 Å². The largest absolute Gasteiger partial charge is 0.490 e. The number of anilines is 1. The van der Waals surface area contributed by atoms with Crippen LogP contribution in [-0.4, -0.2) is 64.2 Å². The summed E-state index contributed by atoms with van der Waals surface area (Å²) in [5.74, 6) is -1.35. The average Bonchev–Trinajstić information content (AvgIpc) is 2.81. The third-order valence-corrected chi connectivity index (χ3v) is 7.43. The standard InChI is InChI=1S/C23H25FN2O7S/c1-26-18-9-8-15(12-22(27)31-2)33-20(18)13-32-19-10-7-14(11-16(19)23(26)28)25-34(29,30)21-6-4-3-5-17(21)24/h3-7,10-11,15,18,20,25H,8-9,12-13H2,1-2H3/t15-,18+,20-/m1/s1. The molecule has 3 atom stereocenters. The summed E-state index contributed by atoms with van der Waals surface area (Å²) in [6, 6.07) is 9.03. The topological polar surface area (TPSA) is 111 Å². The first-order valence-electron chi connectivity index (χ1n) is 10.7. The summed E-state index contributed by atoms with van der Waals surface area (Å²) in [6.07, 6.45) is 0.537. The number of nitrogens with one attached hydrogen (secondary N) is 1. The Hall–Kier alpha value is -3.18. The fraction of sp³-hybridized carbons (Fsp3) is 0.391. The molecule has 0 aromatic heterocycles. The van der Waals surface area contributed by atoms with Gasteiger partial charge in [0.15, 0.2) is 0 Å². The van der Waals surface area contributed by atoms with E-state index in [2.05, 4.69) is 4.72 Å². The van der Waals surface area contributed by atoms with Crippen LogP contribution in [0.4, 0.5) is 10.1 Å². The smallest absolute Gasteiger partial charge is 0.308 e. The maximum Gasteiger partial charge on any atom is 0.308 e. The number of esters is 1. The van der Waals surface area contributed by atoms with Gasteiger partial charge in [-0.05, 0) is 43.2 Å². The summed E-state index contributed by atoms with van der Waals surface area (Å²) in [5.41, 5.74) is 0.272. The van der Waals surface area contributed by atoms with Crippen molar-refractivity contribution in [1.29, 1.82) is 0 Å². The van der Waals surface area contributed by atoms with E-state index in [1.54, 1.807) is 11.9 Å². The first kappa shape index (κ1) is 24.0. The van der Waals surface area contributed by atoms with E-state index in [0.29, 0.717) is 12.8 Å². The van der Waals surface area contributed by atoms with Gasteiger partial charge in [0.2, 0.25) is 0 Å². The zero-order chi connectivity index (χ0) is 24.5. The molecule has 1 N–H and O–H groups in total. The van der Waals surface area contributed by atoms with Crippen LogP contribution in [-0.2, 0) is 24.3 Å². The van der Waals surface area contributed by atoms with E-state index < -0.39 is 26.8 Å². The van der Waals surface area contributed by atoms with Gasteiger partial charge in [-0.25, -0.2) is 12.8 Å². The second-order valence-electron chi connectivity index (χ2n) is 8.20. The number of methoxy groups -OCH3 is 1. The molecule has 2 aliphatic heterocycles. The number of carbonyl (C=O) groups excluding carboxylic acids is 2. The van der Waals surface area contributed by atoms with Gasteiger partial charge < -0.3 is 19.1 Å². The number of benzene rings is 2. The number of fused-ring (bicyclic) bond motifs is 2. The van der Waals surface area contributed by atoms with Crippen molar-refractivity contribution in [3.05, 3.63) is 53.8 Å². The summed E-state index contributed by atoms with van der Waals surface area (Å²) in [6.45, 7) is 0.146. The molecule has 182 valence electrons. The molecule has 0 bridgehead atoms. The number of halogens is 1. The van der Waals surface area contributed by atoms with E-state index in [1.807, 2.05) is 0 Å². The Bertz CT molecular complexity index is 1200. The molecule has 2 aromatic rings. The van der Waals surface area contributed by atoms with Crippen molar-refractivity contribution in [2.75, 3.05) is 25.5 Å². The number of ether oxygens (including phenoxy) is 3. The van der Waals surface area contributed by atoms with Crippen molar-refractivity contribution in [2.45, 2.75) is 42.4 Å². The number of hydrogen-bond donors (Lipinski definition) is 1. The first-order chi connectivity index (χ1) is 16.2. The summed E-state index contributed by atoms with van der Waals surface area (Å²) in [5, 5.41) is 0. The molecule has 0 unspecified atom stereocenters. The van der Waals surface area contributed by atoms with Gasteiger partial charge in [0.25, 0.3) is 15.9 Å². The molecule has 0 spiro atoms. The highest BCUT2D eigenvalue weighted by Crippen LogP contribution is 2.33. The quantitative estimate of drug-likeness (QED) is 0.639. The lowest BCUT2D eigenvalue weighted by molar-refractivity contribution is -0.151. The Labute approximate surface area is 196 Å². The lowest BCUT2D eigenvalue weighted by Gasteiger charge is -2.42. The van der Waals surface area contributed by atoms with Crippen LogP contribution in [0.5, 0.6) is 5.75 Å². The molecule has 0 aliphatic carbocycles. The molecule has 1 amide bonds. The molecule has 2 aromatic carbocycles. The number of nitrogens with zero attached hydrogens (tertiary/aromatic N) is 1. The van der Waals surface area contributed by atoms with Gasteiger partial charge >= 0.3 is 5.97 Å². The van der Waals surface area contributed by atoms with E-state index in [-0.39, 0.29) is 54.1 Å². The molecule has 0 radical (unpaired) electrons. The summed E-state index contributed by atoms with van der Waals surface area (Å²) < 4.78 is 58.2. The van der Waals surface area contributed by atoms with Crippen LogP contribution in [0, 0.1) is 5.82 Å². The van der Waals surface area contributed by atoms with Gasteiger partial charge in [-0.3, -0.25) is 14.3 Å². The summed E-state index contributed by atoms with van der Waals surface area (Å²) >= 11 is 0. The minimum absolute atomic E-state index is 0.0995. The second kappa shape index (κ2) is 9.59. The van der Waals surface area contributed by atoms with Gasteiger partial charge in [0.05, 0.1) is 31.2 Å². The number of hydrogen-bond acceptors (Lipinski definition) is 7. The zero-order valence-corrected chi connectivity index (χ0v) is 19.5. The molecule has 0 saturated carbocycles. The van der Waals surface area contributed by atoms with Gasteiger partial charge in [0.1, 0.15) is 29.2 Å². The van der Waals surface area contributed by atoms with Crippen LogP contribution in [0.15, 0.2) is 47.4 Å². The third-order valence-electron chi connectivity index (χ3n) is 6.01. The average molecular weight is 493 g/mol. The maximum atomic E-state index is 14.0. The van der Waals surface area contributed by atoms with Crippen molar-refractivity contribution >= 4 is 27.6 Å². The van der Waals surface area contributed by atoms with Crippen molar-refractivity contribution in [3.8, 4) is 5.75 Å². The van der Waals surface area contributed by atoms with Crippen LogP contribution in [0.1, 0.15) is 29.6 Å². The highest BCUT2D eigenvalue weighted by Gasteiger charge is 2.39. The minimum atomic E-state index is -4.20. The van der Waals surface area contributed by atoms with Crippen LogP contribution >= 0.6 is 0 Å². The van der Waals surface area contributed by atoms with Crippen molar-refractivity contribution < 1.29 is 36.6 Å². The van der Waals surface area contributed by atoms with Gasteiger partial charge in [-0.15, -0.1) is 0 Å². The van der Waals surface area contributed by atoms with Gasteiger partial charge in [0, 0.05) is 12.7 Å². The predicted octanol–water partition coefficient (Wildman–Crippen LogP) is 2.57. The Balaban J connectivity index is 1.56. The predicted molar refractivity (Wildman–Crippen MR) is 120 cm³/mol. The molecule has 9 nitrogen and oxygen atoms in total. The lowest BCUT2D eigenvalue weighted by Crippen LogP contribution is -2.53. The normalized spacial score (nSPS) is 22.5. The molecule has 34 heavy (non-hydrogen) atoms. The van der Waals surface area contributed by atoms with Crippen molar-refractivity contribution in [2.24, 2.45) is 0 Å². The Morgan fingerprint density at radius 3 is 2.74 bits per heavy atom.